The number of carbonyl (C=O) groups is 2. The fraction of sp³-hybridized carbons (Fsp3) is 0.630. The van der Waals surface area contributed by atoms with E-state index in [1.165, 1.54) is 43.9 Å². The number of nitrogens with one attached hydrogen (secondary N) is 2. The number of hydrogen-bond acceptors (Lipinski definition) is 5. The fourth-order valence-electron chi connectivity index (χ4n) is 4.88. The van der Waals surface area contributed by atoms with Gasteiger partial charge in [0, 0.05) is 35.2 Å². The summed E-state index contributed by atoms with van der Waals surface area (Å²) in [5, 5.41) is 17.0. The van der Waals surface area contributed by atoms with Crippen LogP contribution in [0, 0.1) is 0 Å². The molecule has 0 unspecified atom stereocenters. The summed E-state index contributed by atoms with van der Waals surface area (Å²) in [4.78, 5) is 25.1. The minimum Gasteiger partial charge on any atom is -0.478 e. The second-order valence-electron chi connectivity index (χ2n) is 9.48. The molecule has 1 amide bonds. The highest BCUT2D eigenvalue weighted by molar-refractivity contribution is 8.00. The van der Waals surface area contributed by atoms with Crippen LogP contribution in [0.1, 0.15) is 77.7 Å². The van der Waals surface area contributed by atoms with Crippen molar-refractivity contribution in [3.63, 3.8) is 0 Å². The molecule has 0 saturated heterocycles. The molecule has 0 aliphatic heterocycles. The van der Waals surface area contributed by atoms with Gasteiger partial charge in [0.15, 0.2) is 0 Å². The van der Waals surface area contributed by atoms with E-state index in [4.69, 9.17) is 4.74 Å². The Balaban J connectivity index is 1.68. The SMILES string of the molecule is CCC(CC)O[C@@H]1C=C(C(=O)O)C[C@H](NCc2ccc(SC3CCCCC3)cc2)[C@H]1NC(C)=O. The van der Waals surface area contributed by atoms with Crippen LogP contribution in [0.15, 0.2) is 40.8 Å². The third kappa shape index (κ3) is 7.85. The van der Waals surface area contributed by atoms with Gasteiger partial charge in [-0.2, -0.15) is 0 Å². The van der Waals surface area contributed by atoms with Gasteiger partial charge in [-0.3, -0.25) is 4.79 Å². The van der Waals surface area contributed by atoms with Gasteiger partial charge in [0.1, 0.15) is 0 Å². The zero-order chi connectivity index (χ0) is 24.5. The van der Waals surface area contributed by atoms with E-state index in [-0.39, 0.29) is 24.1 Å². The summed E-state index contributed by atoms with van der Waals surface area (Å²) in [5.74, 6) is -1.08. The molecular weight excluding hydrogens is 448 g/mol. The maximum Gasteiger partial charge on any atom is 0.331 e. The van der Waals surface area contributed by atoms with E-state index in [1.807, 2.05) is 11.8 Å². The minimum atomic E-state index is -0.935. The standard InChI is InChI=1S/C27H40N2O4S/c1-4-21(5-2)33-25-16-20(27(31)32)15-24(26(25)29-18(3)30)28-17-19-11-13-23(14-12-19)34-22-9-7-6-8-10-22/h11-14,16,21-22,24-26,28H,4-10,15,17H2,1-3H3,(H,29,30)(H,31,32)/t24-,25+,26+/m0/s1. The van der Waals surface area contributed by atoms with Gasteiger partial charge in [0.25, 0.3) is 0 Å². The van der Waals surface area contributed by atoms with E-state index in [0.717, 1.165) is 23.7 Å². The number of hydrogen-bond donors (Lipinski definition) is 3. The summed E-state index contributed by atoms with van der Waals surface area (Å²) in [6, 6.07) is 8.08. The number of thioether (sulfide) groups is 1. The van der Waals surface area contributed by atoms with Gasteiger partial charge >= 0.3 is 5.97 Å². The monoisotopic (exact) mass is 488 g/mol. The van der Waals surface area contributed by atoms with Crippen LogP contribution >= 0.6 is 11.8 Å². The first kappa shape index (κ1) is 26.8. The number of amides is 1. The van der Waals surface area contributed by atoms with E-state index in [9.17, 15) is 14.7 Å². The van der Waals surface area contributed by atoms with Crippen molar-refractivity contribution in [1.29, 1.82) is 0 Å². The molecule has 0 heterocycles. The maximum absolute atomic E-state index is 12.0. The van der Waals surface area contributed by atoms with Gasteiger partial charge in [-0.15, -0.1) is 11.8 Å². The van der Waals surface area contributed by atoms with E-state index < -0.39 is 12.1 Å². The van der Waals surface area contributed by atoms with E-state index >= 15 is 0 Å². The number of carboxylic acid groups (broad SMARTS) is 1. The highest BCUT2D eigenvalue weighted by Crippen LogP contribution is 2.33. The van der Waals surface area contributed by atoms with Crippen LogP contribution in [0.3, 0.4) is 0 Å². The first-order chi connectivity index (χ1) is 16.4. The molecule has 1 fully saturated rings. The van der Waals surface area contributed by atoms with Crippen molar-refractivity contribution >= 4 is 23.6 Å². The number of ether oxygens (including phenoxy) is 1. The zero-order valence-electron chi connectivity index (χ0n) is 20.7. The number of carboxylic acids is 1. The van der Waals surface area contributed by atoms with Crippen LogP contribution in [0.25, 0.3) is 0 Å². The predicted molar refractivity (Wildman–Crippen MR) is 137 cm³/mol. The summed E-state index contributed by atoms with van der Waals surface area (Å²) in [5.41, 5.74) is 1.47. The van der Waals surface area contributed by atoms with Crippen LogP contribution in [-0.4, -0.2) is 46.5 Å². The number of carbonyl (C=O) groups excluding carboxylic acids is 1. The summed E-state index contributed by atoms with van der Waals surface area (Å²) in [6.07, 6.45) is 9.86. The second-order valence-corrected chi connectivity index (χ2v) is 10.8. The summed E-state index contributed by atoms with van der Waals surface area (Å²) in [7, 11) is 0. The second kappa shape index (κ2) is 13.3. The topological polar surface area (TPSA) is 87.7 Å². The van der Waals surface area contributed by atoms with Gasteiger partial charge in [-0.05, 0) is 55.9 Å². The molecule has 1 aromatic rings. The zero-order valence-corrected chi connectivity index (χ0v) is 21.5. The minimum absolute atomic E-state index is 0.0144. The molecule has 7 heteroatoms. The Kier molecular flexibility index (Phi) is 10.5. The molecular formula is C27H40N2O4S. The van der Waals surface area contributed by atoms with Crippen molar-refractivity contribution in [2.75, 3.05) is 0 Å². The average molecular weight is 489 g/mol. The van der Waals surface area contributed by atoms with Gasteiger partial charge < -0.3 is 20.5 Å². The van der Waals surface area contributed by atoms with E-state index in [1.54, 1.807) is 6.08 Å². The van der Waals surface area contributed by atoms with Crippen molar-refractivity contribution in [2.24, 2.45) is 0 Å². The average Bonchev–Trinajstić information content (AvgIpc) is 2.83. The van der Waals surface area contributed by atoms with Crippen molar-refractivity contribution < 1.29 is 19.4 Å². The third-order valence-electron chi connectivity index (χ3n) is 6.84. The Morgan fingerprint density at radius 2 is 1.79 bits per heavy atom. The van der Waals surface area contributed by atoms with E-state index in [0.29, 0.717) is 18.5 Å². The van der Waals surface area contributed by atoms with Crippen LogP contribution in [0.5, 0.6) is 0 Å². The Morgan fingerprint density at radius 1 is 1.12 bits per heavy atom. The molecule has 0 aromatic heterocycles. The smallest absolute Gasteiger partial charge is 0.331 e. The van der Waals surface area contributed by atoms with Gasteiger partial charge in [0.05, 0.1) is 18.2 Å². The normalized spacial score (nSPS) is 23.5. The quantitative estimate of drug-likeness (QED) is 0.403. The molecule has 0 radical (unpaired) electrons. The van der Waals surface area contributed by atoms with Crippen molar-refractivity contribution in [3.05, 3.63) is 41.5 Å². The lowest BCUT2D eigenvalue weighted by Crippen LogP contribution is -2.58. The van der Waals surface area contributed by atoms with Gasteiger partial charge in [0.2, 0.25) is 5.91 Å². The fourth-order valence-corrected chi connectivity index (χ4v) is 6.12. The summed E-state index contributed by atoms with van der Waals surface area (Å²) in [6.45, 7) is 6.19. The number of aliphatic carboxylic acids is 1. The predicted octanol–water partition coefficient (Wildman–Crippen LogP) is 5.06. The van der Waals surface area contributed by atoms with Crippen LogP contribution < -0.4 is 10.6 Å². The highest BCUT2D eigenvalue weighted by Gasteiger charge is 2.37. The lowest BCUT2D eigenvalue weighted by atomic mass is 9.87. The van der Waals surface area contributed by atoms with Crippen molar-refractivity contribution in [2.45, 2.75) is 113 Å². The molecule has 188 valence electrons. The molecule has 3 atom stereocenters. The Morgan fingerprint density at radius 3 is 2.38 bits per heavy atom. The Labute approximate surface area is 208 Å². The van der Waals surface area contributed by atoms with Crippen molar-refractivity contribution in [3.8, 4) is 0 Å². The number of benzene rings is 1. The molecule has 2 aliphatic carbocycles. The van der Waals surface area contributed by atoms with Crippen molar-refractivity contribution in [1.82, 2.24) is 10.6 Å². The molecule has 2 aliphatic rings. The largest absolute Gasteiger partial charge is 0.478 e. The van der Waals surface area contributed by atoms with Crippen LogP contribution in [-0.2, 0) is 20.9 Å². The number of rotatable bonds is 11. The molecule has 3 rings (SSSR count). The maximum atomic E-state index is 12.0. The summed E-state index contributed by atoms with van der Waals surface area (Å²) >= 11 is 1.98. The lowest BCUT2D eigenvalue weighted by Gasteiger charge is -2.38. The van der Waals surface area contributed by atoms with Gasteiger partial charge in [-0.1, -0.05) is 45.2 Å². The summed E-state index contributed by atoms with van der Waals surface area (Å²) < 4.78 is 6.26. The first-order valence-electron chi connectivity index (χ1n) is 12.7. The Hall–Kier alpha value is -1.83. The molecule has 6 nitrogen and oxygen atoms in total. The highest BCUT2D eigenvalue weighted by atomic mass is 32.2. The lowest BCUT2D eigenvalue weighted by molar-refractivity contribution is -0.133. The van der Waals surface area contributed by atoms with E-state index in [2.05, 4.69) is 48.7 Å². The third-order valence-corrected chi connectivity index (χ3v) is 8.19. The molecule has 0 bridgehead atoms. The van der Waals surface area contributed by atoms with Crippen LogP contribution in [0.4, 0.5) is 0 Å². The molecule has 1 aromatic carbocycles. The van der Waals surface area contributed by atoms with Crippen LogP contribution in [0.2, 0.25) is 0 Å². The van der Waals surface area contributed by atoms with Gasteiger partial charge in [-0.25, -0.2) is 4.79 Å². The molecule has 0 spiro atoms. The Bertz CT molecular complexity index is 832. The first-order valence-corrected chi connectivity index (χ1v) is 13.6. The molecule has 1 saturated carbocycles. The molecule has 3 N–H and O–H groups in total. The molecule has 34 heavy (non-hydrogen) atoms.